The summed E-state index contributed by atoms with van der Waals surface area (Å²) in [5, 5.41) is 0. The van der Waals surface area contributed by atoms with Crippen LogP contribution in [0.5, 0.6) is 0 Å². The predicted molar refractivity (Wildman–Crippen MR) is 73.0 cm³/mol. The second kappa shape index (κ2) is 10.6. The van der Waals surface area contributed by atoms with Gasteiger partial charge in [-0.05, 0) is 18.8 Å². The van der Waals surface area contributed by atoms with Crippen molar-refractivity contribution in [3.63, 3.8) is 0 Å². The zero-order valence-electron chi connectivity index (χ0n) is 13.0. The SMILES string of the molecule is CC(C)COC(=O)COC(C)OCC(=O)OCC(C)C. The normalized spacial score (nSPS) is 11.2. The lowest BCUT2D eigenvalue weighted by Gasteiger charge is -2.14. The molecule has 0 N–H and O–H groups in total. The minimum atomic E-state index is -0.673. The summed E-state index contributed by atoms with van der Waals surface area (Å²) in [6.45, 7) is 9.71. The quantitative estimate of drug-likeness (QED) is 0.451. The summed E-state index contributed by atoms with van der Waals surface area (Å²) in [4.78, 5) is 22.5. The molecule has 0 aromatic heterocycles. The number of esters is 2. The van der Waals surface area contributed by atoms with Crippen LogP contribution in [0.1, 0.15) is 34.6 Å². The van der Waals surface area contributed by atoms with Crippen LogP contribution in [0.4, 0.5) is 0 Å². The van der Waals surface area contributed by atoms with Crippen molar-refractivity contribution in [1.82, 2.24) is 0 Å². The van der Waals surface area contributed by atoms with E-state index < -0.39 is 18.2 Å². The van der Waals surface area contributed by atoms with Gasteiger partial charge in [-0.3, -0.25) is 0 Å². The fourth-order valence-corrected chi connectivity index (χ4v) is 1.02. The molecule has 0 aromatic carbocycles. The Morgan fingerprint density at radius 1 is 0.750 bits per heavy atom. The average molecular weight is 290 g/mol. The molecule has 0 saturated heterocycles. The van der Waals surface area contributed by atoms with Gasteiger partial charge in [0.2, 0.25) is 0 Å². The Labute approximate surface area is 120 Å². The smallest absolute Gasteiger partial charge is 0.332 e. The second-order valence-electron chi connectivity index (χ2n) is 5.34. The molecule has 0 bridgehead atoms. The molecule has 0 spiro atoms. The first-order valence-electron chi connectivity index (χ1n) is 6.85. The van der Waals surface area contributed by atoms with Crippen molar-refractivity contribution in [2.45, 2.75) is 40.9 Å². The van der Waals surface area contributed by atoms with Crippen LogP contribution >= 0.6 is 0 Å². The maximum Gasteiger partial charge on any atom is 0.332 e. The third kappa shape index (κ3) is 11.9. The minimum absolute atomic E-state index is 0.199. The first kappa shape index (κ1) is 18.9. The van der Waals surface area contributed by atoms with Crippen molar-refractivity contribution in [1.29, 1.82) is 0 Å². The van der Waals surface area contributed by atoms with Gasteiger partial charge in [0.05, 0.1) is 13.2 Å². The number of rotatable bonds is 10. The molecule has 0 atom stereocenters. The van der Waals surface area contributed by atoms with Crippen LogP contribution in [0, 0.1) is 11.8 Å². The molecule has 20 heavy (non-hydrogen) atoms. The van der Waals surface area contributed by atoms with E-state index in [1.165, 1.54) is 0 Å². The molecule has 0 radical (unpaired) electrons. The van der Waals surface area contributed by atoms with Crippen molar-refractivity contribution >= 4 is 11.9 Å². The van der Waals surface area contributed by atoms with Crippen LogP contribution < -0.4 is 0 Å². The van der Waals surface area contributed by atoms with Crippen LogP contribution in [-0.2, 0) is 28.5 Å². The highest BCUT2D eigenvalue weighted by Gasteiger charge is 2.11. The Bertz CT molecular complexity index is 259. The van der Waals surface area contributed by atoms with Crippen LogP contribution in [0.25, 0.3) is 0 Å². The van der Waals surface area contributed by atoms with Crippen molar-refractivity contribution in [2.75, 3.05) is 26.4 Å². The molecule has 0 aliphatic rings. The van der Waals surface area contributed by atoms with Gasteiger partial charge in [0.25, 0.3) is 0 Å². The lowest BCUT2D eigenvalue weighted by molar-refractivity contribution is -0.178. The average Bonchev–Trinajstić information content (AvgIpc) is 2.37. The predicted octanol–water partition coefficient (Wildman–Crippen LogP) is 1.76. The van der Waals surface area contributed by atoms with Crippen LogP contribution in [0.15, 0.2) is 0 Å². The molecule has 0 aliphatic heterocycles. The lowest BCUT2D eigenvalue weighted by atomic mass is 10.2. The van der Waals surface area contributed by atoms with Crippen molar-refractivity contribution in [2.24, 2.45) is 11.8 Å². The van der Waals surface area contributed by atoms with Crippen molar-refractivity contribution < 1.29 is 28.5 Å². The van der Waals surface area contributed by atoms with Gasteiger partial charge in [0, 0.05) is 0 Å². The van der Waals surface area contributed by atoms with Crippen molar-refractivity contribution in [3.8, 4) is 0 Å². The molecule has 0 rings (SSSR count). The Morgan fingerprint density at radius 3 is 1.40 bits per heavy atom. The van der Waals surface area contributed by atoms with Gasteiger partial charge in [0.15, 0.2) is 6.29 Å². The van der Waals surface area contributed by atoms with Crippen LogP contribution in [0.3, 0.4) is 0 Å². The van der Waals surface area contributed by atoms with Gasteiger partial charge in [-0.2, -0.15) is 0 Å². The van der Waals surface area contributed by atoms with Gasteiger partial charge >= 0.3 is 11.9 Å². The van der Waals surface area contributed by atoms with E-state index in [9.17, 15) is 9.59 Å². The van der Waals surface area contributed by atoms with Gasteiger partial charge in [0.1, 0.15) is 13.2 Å². The van der Waals surface area contributed by atoms with E-state index in [0.29, 0.717) is 13.2 Å². The Kier molecular flexibility index (Phi) is 10.0. The summed E-state index contributed by atoms with van der Waals surface area (Å²) >= 11 is 0. The summed E-state index contributed by atoms with van der Waals surface area (Å²) in [7, 11) is 0. The molecule has 0 saturated carbocycles. The zero-order chi connectivity index (χ0) is 15.5. The maximum absolute atomic E-state index is 11.3. The van der Waals surface area contributed by atoms with Gasteiger partial charge in [-0.1, -0.05) is 27.7 Å². The molecule has 0 aliphatic carbocycles. The molecular formula is C14H26O6. The van der Waals surface area contributed by atoms with Crippen molar-refractivity contribution in [3.05, 3.63) is 0 Å². The summed E-state index contributed by atoms with van der Waals surface area (Å²) in [6.07, 6.45) is -0.673. The minimum Gasteiger partial charge on any atom is -0.464 e. The van der Waals surface area contributed by atoms with E-state index in [4.69, 9.17) is 18.9 Å². The topological polar surface area (TPSA) is 71.1 Å². The molecule has 0 aromatic rings. The molecule has 6 nitrogen and oxygen atoms in total. The van der Waals surface area contributed by atoms with E-state index in [1.807, 2.05) is 27.7 Å². The molecule has 0 fully saturated rings. The third-order valence-electron chi connectivity index (χ3n) is 2.03. The highest BCUT2D eigenvalue weighted by atomic mass is 16.7. The molecule has 0 amide bonds. The standard InChI is InChI=1S/C14H26O6/c1-10(2)6-19-13(15)8-17-12(5)18-9-14(16)20-7-11(3)4/h10-12H,6-9H2,1-5H3. The second-order valence-corrected chi connectivity index (χ2v) is 5.34. The number of hydrogen-bond donors (Lipinski definition) is 0. The molecule has 118 valence electrons. The fourth-order valence-electron chi connectivity index (χ4n) is 1.02. The molecule has 0 unspecified atom stereocenters. The van der Waals surface area contributed by atoms with Gasteiger partial charge in [-0.25, -0.2) is 9.59 Å². The molecule has 0 heterocycles. The summed E-state index contributed by atoms with van der Waals surface area (Å²) < 4.78 is 20.1. The molecular weight excluding hydrogens is 264 g/mol. The number of ether oxygens (including phenoxy) is 4. The van der Waals surface area contributed by atoms with E-state index in [1.54, 1.807) is 6.92 Å². The van der Waals surface area contributed by atoms with E-state index in [-0.39, 0.29) is 25.0 Å². The van der Waals surface area contributed by atoms with E-state index in [0.717, 1.165) is 0 Å². The third-order valence-corrected chi connectivity index (χ3v) is 2.03. The number of carbonyl (C=O) groups is 2. The van der Waals surface area contributed by atoms with Crippen LogP contribution in [-0.4, -0.2) is 44.7 Å². The van der Waals surface area contributed by atoms with Gasteiger partial charge in [-0.15, -0.1) is 0 Å². The number of hydrogen-bond acceptors (Lipinski definition) is 6. The Morgan fingerprint density at radius 2 is 1.10 bits per heavy atom. The number of carbonyl (C=O) groups excluding carboxylic acids is 2. The summed E-state index contributed by atoms with van der Waals surface area (Å²) in [6, 6.07) is 0. The lowest BCUT2D eigenvalue weighted by Crippen LogP contribution is -2.24. The zero-order valence-corrected chi connectivity index (χ0v) is 13.0. The fraction of sp³-hybridized carbons (Fsp3) is 0.857. The summed E-state index contributed by atoms with van der Waals surface area (Å²) in [5.41, 5.74) is 0. The van der Waals surface area contributed by atoms with E-state index >= 15 is 0 Å². The Hall–Kier alpha value is -1.14. The summed E-state index contributed by atoms with van der Waals surface area (Å²) in [5.74, 6) is -0.334. The first-order chi connectivity index (χ1) is 9.31. The molecule has 6 heteroatoms. The van der Waals surface area contributed by atoms with Crippen LogP contribution in [0.2, 0.25) is 0 Å². The first-order valence-corrected chi connectivity index (χ1v) is 6.85. The monoisotopic (exact) mass is 290 g/mol. The Balaban J connectivity index is 3.65. The highest BCUT2D eigenvalue weighted by molar-refractivity contribution is 5.71. The largest absolute Gasteiger partial charge is 0.464 e. The maximum atomic E-state index is 11.3. The van der Waals surface area contributed by atoms with Gasteiger partial charge < -0.3 is 18.9 Å². The van der Waals surface area contributed by atoms with E-state index in [2.05, 4.69) is 0 Å². The highest BCUT2D eigenvalue weighted by Crippen LogP contribution is 1.98.